The van der Waals surface area contributed by atoms with Gasteiger partial charge in [0.1, 0.15) is 13.2 Å². The smallest absolute Gasteiger partial charge is 0.306 e. The summed E-state index contributed by atoms with van der Waals surface area (Å²) in [6, 6.07) is 0. The summed E-state index contributed by atoms with van der Waals surface area (Å²) in [5.41, 5.74) is 0. The molecule has 296 valence electrons. The molecule has 0 aromatic heterocycles. The summed E-state index contributed by atoms with van der Waals surface area (Å²) in [5, 5.41) is 0. The van der Waals surface area contributed by atoms with Crippen LogP contribution in [-0.4, -0.2) is 37.2 Å². The quantitative estimate of drug-likeness (QED) is 0.0361. The molecule has 0 saturated heterocycles. The molecule has 0 spiro atoms. The van der Waals surface area contributed by atoms with Gasteiger partial charge in [0.2, 0.25) is 0 Å². The van der Waals surface area contributed by atoms with Gasteiger partial charge in [0.15, 0.2) is 6.10 Å². The number of hydrogen-bond acceptors (Lipinski definition) is 6. The lowest BCUT2D eigenvalue weighted by Gasteiger charge is -2.18. The second-order valence-corrected chi connectivity index (χ2v) is 15.7. The lowest BCUT2D eigenvalue weighted by Crippen LogP contribution is -2.30. The van der Waals surface area contributed by atoms with Crippen LogP contribution in [0.5, 0.6) is 0 Å². The van der Waals surface area contributed by atoms with Crippen LogP contribution in [0.1, 0.15) is 234 Å². The maximum absolute atomic E-state index is 12.7. The summed E-state index contributed by atoms with van der Waals surface area (Å²) in [4.78, 5) is 37.5. The number of hydrogen-bond donors (Lipinski definition) is 0. The van der Waals surface area contributed by atoms with Crippen LogP contribution in [0.4, 0.5) is 0 Å². The van der Waals surface area contributed by atoms with Crippen molar-refractivity contribution in [3.8, 4) is 0 Å². The fourth-order valence-corrected chi connectivity index (χ4v) is 6.37. The van der Waals surface area contributed by atoms with Crippen molar-refractivity contribution in [3.63, 3.8) is 0 Å². The van der Waals surface area contributed by atoms with Crippen LogP contribution in [0.3, 0.4) is 0 Å². The van der Waals surface area contributed by atoms with Crippen molar-refractivity contribution >= 4 is 17.9 Å². The maximum Gasteiger partial charge on any atom is 0.306 e. The first-order valence-corrected chi connectivity index (χ1v) is 21.8. The van der Waals surface area contributed by atoms with Gasteiger partial charge in [-0.3, -0.25) is 14.4 Å². The summed E-state index contributed by atoms with van der Waals surface area (Å²) < 4.78 is 16.6. The van der Waals surface area contributed by atoms with Gasteiger partial charge in [0, 0.05) is 19.3 Å². The van der Waals surface area contributed by atoms with Gasteiger partial charge in [0.25, 0.3) is 0 Å². The van der Waals surface area contributed by atoms with Gasteiger partial charge in [-0.05, 0) is 31.1 Å². The first kappa shape index (κ1) is 48.4. The monoisotopic (exact) mass is 709 g/mol. The van der Waals surface area contributed by atoms with Crippen LogP contribution in [0.2, 0.25) is 0 Å². The molecule has 0 rings (SSSR count). The number of carbonyl (C=O) groups is 3. The normalized spacial score (nSPS) is 12.6. The Balaban J connectivity index is 4.31. The van der Waals surface area contributed by atoms with Crippen LogP contribution in [0, 0.1) is 11.8 Å². The van der Waals surface area contributed by atoms with E-state index in [0.29, 0.717) is 19.3 Å². The van der Waals surface area contributed by atoms with Crippen molar-refractivity contribution in [2.24, 2.45) is 11.8 Å². The molecule has 0 saturated carbocycles. The van der Waals surface area contributed by atoms with E-state index in [9.17, 15) is 14.4 Å². The van der Waals surface area contributed by atoms with Gasteiger partial charge in [-0.25, -0.2) is 0 Å². The van der Waals surface area contributed by atoms with Crippen molar-refractivity contribution < 1.29 is 28.6 Å². The van der Waals surface area contributed by atoms with Crippen molar-refractivity contribution in [3.05, 3.63) is 0 Å². The van der Waals surface area contributed by atoms with Gasteiger partial charge in [0.05, 0.1) is 0 Å². The Labute approximate surface area is 310 Å². The average Bonchev–Trinajstić information content (AvgIpc) is 3.09. The first-order valence-electron chi connectivity index (χ1n) is 21.8. The summed E-state index contributed by atoms with van der Waals surface area (Å²) >= 11 is 0. The highest BCUT2D eigenvalue weighted by Crippen LogP contribution is 2.17. The van der Waals surface area contributed by atoms with Crippen LogP contribution in [0.15, 0.2) is 0 Å². The minimum absolute atomic E-state index is 0.0661. The molecule has 6 nitrogen and oxygen atoms in total. The van der Waals surface area contributed by atoms with E-state index in [2.05, 4.69) is 34.6 Å². The number of unbranched alkanes of at least 4 members (excludes halogenated alkanes) is 22. The van der Waals surface area contributed by atoms with E-state index in [4.69, 9.17) is 14.2 Å². The molecule has 6 heteroatoms. The molecule has 0 aromatic carbocycles. The number of ether oxygens (including phenoxy) is 3. The molecule has 0 aliphatic heterocycles. The molecule has 0 aliphatic rings. The third kappa shape index (κ3) is 36.2. The molecule has 2 atom stereocenters. The van der Waals surface area contributed by atoms with Crippen molar-refractivity contribution in [2.45, 2.75) is 240 Å². The molecule has 0 amide bonds. The summed E-state index contributed by atoms with van der Waals surface area (Å²) in [7, 11) is 0. The third-order valence-corrected chi connectivity index (χ3v) is 10.1. The maximum atomic E-state index is 12.7. The summed E-state index contributed by atoms with van der Waals surface area (Å²) in [6.45, 7) is 11.3. The van der Waals surface area contributed by atoms with E-state index in [1.807, 2.05) is 0 Å². The summed E-state index contributed by atoms with van der Waals surface area (Å²) in [6.07, 6.45) is 33.8. The Morgan fingerprint density at radius 3 is 1.14 bits per heavy atom. The number of rotatable bonds is 38. The Bertz CT molecular complexity index is 766. The van der Waals surface area contributed by atoms with E-state index in [0.717, 1.165) is 69.6 Å². The minimum atomic E-state index is -0.759. The Hall–Kier alpha value is -1.59. The second-order valence-electron chi connectivity index (χ2n) is 15.7. The van der Waals surface area contributed by atoms with Crippen molar-refractivity contribution in [1.29, 1.82) is 0 Å². The molecule has 50 heavy (non-hydrogen) atoms. The fraction of sp³-hybridized carbons (Fsp3) is 0.932. The topological polar surface area (TPSA) is 78.9 Å². The van der Waals surface area contributed by atoms with Crippen molar-refractivity contribution in [1.82, 2.24) is 0 Å². The number of esters is 3. The van der Waals surface area contributed by atoms with Crippen LogP contribution < -0.4 is 0 Å². The van der Waals surface area contributed by atoms with Crippen LogP contribution in [0.25, 0.3) is 0 Å². The molecule has 0 N–H and O–H groups in total. The fourth-order valence-electron chi connectivity index (χ4n) is 6.37. The lowest BCUT2D eigenvalue weighted by atomic mass is 9.99. The van der Waals surface area contributed by atoms with Crippen LogP contribution in [-0.2, 0) is 28.6 Å². The molecule has 0 heterocycles. The average molecular weight is 709 g/mol. The van der Waals surface area contributed by atoms with Gasteiger partial charge in [-0.15, -0.1) is 0 Å². The first-order chi connectivity index (χ1) is 24.3. The molecule has 0 bridgehead atoms. The molecule has 0 fully saturated rings. The summed E-state index contributed by atoms with van der Waals surface area (Å²) in [5.74, 6) is 0.796. The molecular weight excluding hydrogens is 624 g/mol. The zero-order valence-electron chi connectivity index (χ0n) is 34.0. The predicted molar refractivity (Wildman–Crippen MR) is 210 cm³/mol. The van der Waals surface area contributed by atoms with Gasteiger partial charge in [-0.2, -0.15) is 0 Å². The van der Waals surface area contributed by atoms with E-state index >= 15 is 0 Å². The Kier molecular flexibility index (Phi) is 36.0. The van der Waals surface area contributed by atoms with E-state index in [-0.39, 0.29) is 31.1 Å². The predicted octanol–water partition coefficient (Wildman–Crippen LogP) is 13.4. The molecule has 0 aliphatic carbocycles. The second kappa shape index (κ2) is 37.2. The minimum Gasteiger partial charge on any atom is -0.462 e. The molecule has 1 unspecified atom stereocenters. The molecule has 0 radical (unpaired) electrons. The highest BCUT2D eigenvalue weighted by molar-refractivity contribution is 5.71. The van der Waals surface area contributed by atoms with E-state index in [1.54, 1.807) is 0 Å². The van der Waals surface area contributed by atoms with E-state index in [1.165, 1.54) is 122 Å². The van der Waals surface area contributed by atoms with Crippen molar-refractivity contribution in [2.75, 3.05) is 13.2 Å². The largest absolute Gasteiger partial charge is 0.462 e. The highest BCUT2D eigenvalue weighted by Gasteiger charge is 2.19. The van der Waals surface area contributed by atoms with Gasteiger partial charge >= 0.3 is 17.9 Å². The SMILES string of the molecule is CCCCCCCCCC(=O)OC[C@H](COC(=O)CCCCCCCCCCC(C)CC)OC(=O)CCCCCCCCCCCCC(C)C. The lowest BCUT2D eigenvalue weighted by molar-refractivity contribution is -0.167. The van der Waals surface area contributed by atoms with E-state index < -0.39 is 6.10 Å². The molecule has 0 aromatic rings. The van der Waals surface area contributed by atoms with Gasteiger partial charge < -0.3 is 14.2 Å². The highest BCUT2D eigenvalue weighted by atomic mass is 16.6. The Morgan fingerprint density at radius 2 is 0.760 bits per heavy atom. The van der Waals surface area contributed by atoms with Crippen LogP contribution >= 0.6 is 0 Å². The van der Waals surface area contributed by atoms with Gasteiger partial charge in [-0.1, -0.05) is 195 Å². The zero-order chi connectivity index (χ0) is 36.9. The molecular formula is C44H84O6. The zero-order valence-corrected chi connectivity index (χ0v) is 34.0. The Morgan fingerprint density at radius 1 is 0.420 bits per heavy atom. The number of carbonyl (C=O) groups excluding carboxylic acids is 3. The third-order valence-electron chi connectivity index (χ3n) is 10.1. The standard InChI is InChI=1S/C44H84O6/c1-6-8-9-10-17-24-29-34-42(45)48-37-41(38-49-43(46)35-30-25-20-16-15-19-23-28-33-40(5)7-2)50-44(47)36-31-26-21-14-12-11-13-18-22-27-32-39(3)4/h39-41H,6-38H2,1-5H3/t40?,41-/m1/s1.